The minimum absolute atomic E-state index is 0.0151. The largest absolute Gasteiger partial charge is 0.496 e. The van der Waals surface area contributed by atoms with Crippen LogP contribution in [0, 0.1) is 10.1 Å². The molecule has 0 unspecified atom stereocenters. The first-order chi connectivity index (χ1) is 13.8. The summed E-state index contributed by atoms with van der Waals surface area (Å²) in [5, 5.41) is 11.1. The summed E-state index contributed by atoms with van der Waals surface area (Å²) >= 11 is 0. The molecule has 2 aromatic rings. The van der Waals surface area contributed by atoms with Crippen LogP contribution in [0.5, 0.6) is 23.0 Å². The Morgan fingerprint density at radius 3 is 2.00 bits per heavy atom. The lowest BCUT2D eigenvalue weighted by Crippen LogP contribution is -2.26. The topological polar surface area (TPSA) is 126 Å². The number of nitro groups is 1. The summed E-state index contributed by atoms with van der Waals surface area (Å²) in [5.41, 5.74) is 0.216. The predicted octanol–water partition coefficient (Wildman–Crippen LogP) is 2.15. The number of nitrogens with one attached hydrogen (secondary N) is 1. The second-order valence-electron chi connectivity index (χ2n) is 5.75. The molecule has 0 bridgehead atoms. The number of hydrogen-bond acceptors (Lipinski definition) is 8. The maximum Gasteiger partial charge on any atom is 0.312 e. The zero-order valence-corrected chi connectivity index (χ0v) is 17.2. The summed E-state index contributed by atoms with van der Waals surface area (Å²) in [4.78, 5) is 10.2. The van der Waals surface area contributed by atoms with Gasteiger partial charge in [0.1, 0.15) is 17.2 Å². The van der Waals surface area contributed by atoms with Gasteiger partial charge < -0.3 is 18.9 Å². The molecule has 0 saturated heterocycles. The van der Waals surface area contributed by atoms with Crippen LogP contribution in [0.25, 0.3) is 0 Å². The Hall–Kier alpha value is -3.05. The predicted molar refractivity (Wildman–Crippen MR) is 105 cm³/mol. The molecule has 0 aliphatic heterocycles. The molecule has 2 rings (SSSR count). The van der Waals surface area contributed by atoms with E-state index in [2.05, 4.69) is 4.72 Å². The molecule has 0 radical (unpaired) electrons. The van der Waals surface area contributed by atoms with Crippen molar-refractivity contribution in [3.8, 4) is 23.0 Å². The third-order valence-electron chi connectivity index (χ3n) is 4.14. The van der Waals surface area contributed by atoms with Crippen LogP contribution < -0.4 is 23.7 Å². The number of benzene rings is 2. The van der Waals surface area contributed by atoms with Crippen molar-refractivity contribution in [3.05, 3.63) is 46.0 Å². The first-order valence-corrected chi connectivity index (χ1v) is 9.86. The molecule has 0 atom stereocenters. The maximum absolute atomic E-state index is 12.5. The van der Waals surface area contributed by atoms with E-state index < -0.39 is 20.6 Å². The van der Waals surface area contributed by atoms with Crippen LogP contribution in [-0.2, 0) is 16.4 Å². The van der Waals surface area contributed by atoms with Gasteiger partial charge in [-0.1, -0.05) is 0 Å². The van der Waals surface area contributed by atoms with Gasteiger partial charge in [-0.2, -0.15) is 0 Å². The van der Waals surface area contributed by atoms with Crippen molar-refractivity contribution in [1.82, 2.24) is 4.72 Å². The van der Waals surface area contributed by atoms with Gasteiger partial charge in [-0.05, 0) is 18.6 Å². The Bertz CT molecular complexity index is 966. The van der Waals surface area contributed by atoms with Crippen LogP contribution in [-0.4, -0.2) is 48.3 Å². The van der Waals surface area contributed by atoms with Gasteiger partial charge in [-0.3, -0.25) is 10.1 Å². The lowest BCUT2D eigenvalue weighted by molar-refractivity contribution is -0.386. The molecule has 10 nitrogen and oxygen atoms in total. The minimum Gasteiger partial charge on any atom is -0.496 e. The molecule has 158 valence electrons. The van der Waals surface area contributed by atoms with Gasteiger partial charge in [-0.15, -0.1) is 0 Å². The Kier molecular flexibility index (Phi) is 7.23. The molecule has 0 aromatic heterocycles. The normalized spacial score (nSPS) is 11.0. The third kappa shape index (κ3) is 5.06. The van der Waals surface area contributed by atoms with Crippen molar-refractivity contribution in [1.29, 1.82) is 0 Å². The molecule has 29 heavy (non-hydrogen) atoms. The van der Waals surface area contributed by atoms with E-state index >= 15 is 0 Å². The smallest absolute Gasteiger partial charge is 0.312 e. The molecule has 0 heterocycles. The molecule has 11 heteroatoms. The van der Waals surface area contributed by atoms with Crippen molar-refractivity contribution in [2.24, 2.45) is 0 Å². The number of nitro benzene ring substituents is 1. The lowest BCUT2D eigenvalue weighted by Gasteiger charge is -2.15. The van der Waals surface area contributed by atoms with Crippen molar-refractivity contribution < 1.29 is 32.3 Å². The number of methoxy groups -OCH3 is 4. The quantitative estimate of drug-likeness (QED) is 0.452. The number of rotatable bonds is 10. The molecule has 0 spiro atoms. The van der Waals surface area contributed by atoms with Gasteiger partial charge >= 0.3 is 5.69 Å². The number of sulfonamides is 1. The van der Waals surface area contributed by atoms with Gasteiger partial charge in [0.25, 0.3) is 0 Å². The number of hydrogen-bond donors (Lipinski definition) is 1. The standard InChI is InChI=1S/C18H22N2O8S/c1-25-12-9-17(27-3)14(18(10-12)28-4)7-8-19-29(23,24)13-5-6-16(26-2)15(11-13)20(21)22/h5-6,9-11,19H,7-8H2,1-4H3. The second kappa shape index (κ2) is 9.43. The summed E-state index contributed by atoms with van der Waals surface area (Å²) in [6, 6.07) is 6.76. The fourth-order valence-corrected chi connectivity index (χ4v) is 3.75. The number of ether oxygens (including phenoxy) is 4. The summed E-state index contributed by atoms with van der Waals surface area (Å²) in [6.45, 7) is 0.0151. The average molecular weight is 426 g/mol. The Balaban J connectivity index is 2.22. The third-order valence-corrected chi connectivity index (χ3v) is 5.60. The Morgan fingerprint density at radius 2 is 1.52 bits per heavy atom. The monoisotopic (exact) mass is 426 g/mol. The zero-order chi connectivity index (χ0) is 21.6. The summed E-state index contributed by atoms with van der Waals surface area (Å²) in [5.74, 6) is 1.48. The van der Waals surface area contributed by atoms with Crippen LogP contribution in [0.4, 0.5) is 5.69 Å². The van der Waals surface area contributed by atoms with Gasteiger partial charge in [0.2, 0.25) is 10.0 Å². The van der Waals surface area contributed by atoms with Crippen LogP contribution in [0.3, 0.4) is 0 Å². The van der Waals surface area contributed by atoms with E-state index in [1.807, 2.05) is 0 Å². The highest BCUT2D eigenvalue weighted by molar-refractivity contribution is 7.89. The molecular weight excluding hydrogens is 404 g/mol. The van der Waals surface area contributed by atoms with Gasteiger partial charge in [0, 0.05) is 30.3 Å². The van der Waals surface area contributed by atoms with Crippen LogP contribution in [0.1, 0.15) is 5.56 Å². The molecule has 0 aliphatic rings. The van der Waals surface area contributed by atoms with Gasteiger partial charge in [-0.25, -0.2) is 13.1 Å². The maximum atomic E-state index is 12.5. The van der Waals surface area contributed by atoms with E-state index in [4.69, 9.17) is 18.9 Å². The fourth-order valence-electron chi connectivity index (χ4n) is 2.70. The average Bonchev–Trinajstić information content (AvgIpc) is 2.72. The lowest BCUT2D eigenvalue weighted by atomic mass is 10.1. The first kappa shape index (κ1) is 22.2. The van der Waals surface area contributed by atoms with Crippen molar-refractivity contribution in [2.45, 2.75) is 11.3 Å². The first-order valence-electron chi connectivity index (χ1n) is 8.38. The SMILES string of the molecule is COc1cc(OC)c(CCNS(=O)(=O)c2ccc(OC)c([N+](=O)[O-])c2)c(OC)c1. The van der Waals surface area contributed by atoms with Crippen LogP contribution in [0.15, 0.2) is 35.2 Å². The van der Waals surface area contributed by atoms with E-state index in [1.54, 1.807) is 12.1 Å². The van der Waals surface area contributed by atoms with Crippen molar-refractivity contribution >= 4 is 15.7 Å². The molecule has 0 amide bonds. The van der Waals surface area contributed by atoms with Crippen LogP contribution >= 0.6 is 0 Å². The molecular formula is C18H22N2O8S. The highest BCUT2D eigenvalue weighted by Gasteiger charge is 2.22. The summed E-state index contributed by atoms with van der Waals surface area (Å²) in [7, 11) is 1.77. The van der Waals surface area contributed by atoms with E-state index in [0.29, 0.717) is 22.8 Å². The highest BCUT2D eigenvalue weighted by atomic mass is 32.2. The van der Waals surface area contributed by atoms with E-state index in [-0.39, 0.29) is 23.6 Å². The number of nitrogens with zero attached hydrogens (tertiary/aromatic N) is 1. The highest BCUT2D eigenvalue weighted by Crippen LogP contribution is 2.34. The Labute approximate surface area is 168 Å². The van der Waals surface area contributed by atoms with Crippen molar-refractivity contribution in [3.63, 3.8) is 0 Å². The molecule has 0 fully saturated rings. The van der Waals surface area contributed by atoms with Gasteiger partial charge in [0.15, 0.2) is 5.75 Å². The van der Waals surface area contributed by atoms with Crippen LogP contribution in [0.2, 0.25) is 0 Å². The van der Waals surface area contributed by atoms with E-state index in [0.717, 1.165) is 6.07 Å². The zero-order valence-electron chi connectivity index (χ0n) is 16.4. The van der Waals surface area contributed by atoms with E-state index in [9.17, 15) is 18.5 Å². The molecule has 0 saturated carbocycles. The van der Waals surface area contributed by atoms with Gasteiger partial charge in [0.05, 0.1) is 38.3 Å². The molecule has 0 aliphatic carbocycles. The van der Waals surface area contributed by atoms with Crippen molar-refractivity contribution in [2.75, 3.05) is 35.0 Å². The molecule has 2 aromatic carbocycles. The summed E-state index contributed by atoms with van der Waals surface area (Å²) < 4.78 is 48.3. The Morgan fingerprint density at radius 1 is 0.931 bits per heavy atom. The minimum atomic E-state index is -3.98. The fraction of sp³-hybridized carbons (Fsp3) is 0.333. The molecule has 1 N–H and O–H groups in total. The second-order valence-corrected chi connectivity index (χ2v) is 7.52. The summed E-state index contributed by atoms with van der Waals surface area (Å²) in [6.07, 6.45) is 0.258. The van der Waals surface area contributed by atoms with E-state index in [1.165, 1.54) is 40.6 Å².